The van der Waals surface area contributed by atoms with Gasteiger partial charge in [0.1, 0.15) is 30.3 Å². The highest BCUT2D eigenvalue weighted by Crippen LogP contribution is 2.37. The maximum Gasteiger partial charge on any atom is 0.342 e. The van der Waals surface area contributed by atoms with E-state index < -0.39 is 5.97 Å². The van der Waals surface area contributed by atoms with Gasteiger partial charge in [0.25, 0.3) is 0 Å². The molecule has 0 unspecified atom stereocenters. The minimum atomic E-state index is -0.455. The van der Waals surface area contributed by atoms with Gasteiger partial charge in [-0.1, -0.05) is 104 Å². The van der Waals surface area contributed by atoms with Crippen molar-refractivity contribution in [2.75, 3.05) is 7.11 Å². The second-order valence-electron chi connectivity index (χ2n) is 7.75. The van der Waals surface area contributed by atoms with Gasteiger partial charge in [-0.25, -0.2) is 4.79 Å². The Bertz CT molecular complexity index is 1200. The predicted molar refractivity (Wildman–Crippen MR) is 141 cm³/mol. The molecule has 35 heavy (non-hydrogen) atoms. The van der Waals surface area contributed by atoms with Crippen molar-refractivity contribution in [3.8, 4) is 22.6 Å². The van der Waals surface area contributed by atoms with Crippen molar-refractivity contribution in [1.29, 1.82) is 0 Å². The summed E-state index contributed by atoms with van der Waals surface area (Å²) in [6.45, 7) is 6.75. The molecule has 0 N–H and O–H groups in total. The van der Waals surface area contributed by atoms with Crippen molar-refractivity contribution in [1.82, 2.24) is 0 Å². The van der Waals surface area contributed by atoms with E-state index in [0.717, 1.165) is 22.3 Å². The highest BCUT2D eigenvalue weighted by atomic mass is 16.5. The molecule has 180 valence electrons. The number of rotatable bonds is 8. The fourth-order valence-corrected chi connectivity index (χ4v) is 3.54. The highest BCUT2D eigenvalue weighted by Gasteiger charge is 2.22. The molecule has 0 aliphatic rings. The molecule has 4 heteroatoms. The van der Waals surface area contributed by atoms with Crippen molar-refractivity contribution in [2.24, 2.45) is 0 Å². The molecule has 4 nitrogen and oxygen atoms in total. The number of hydrogen-bond acceptors (Lipinski definition) is 4. The molecule has 0 aromatic heterocycles. The quantitative estimate of drug-likeness (QED) is 0.249. The average molecular weight is 469 g/mol. The Balaban J connectivity index is 0.00000167. The highest BCUT2D eigenvalue weighted by molar-refractivity contribution is 6.00. The summed E-state index contributed by atoms with van der Waals surface area (Å²) in [6, 6.07) is 31.4. The van der Waals surface area contributed by atoms with E-state index in [-0.39, 0.29) is 0 Å². The Morgan fingerprint density at radius 2 is 1.26 bits per heavy atom. The van der Waals surface area contributed by atoms with Crippen LogP contribution < -0.4 is 9.47 Å². The fourth-order valence-electron chi connectivity index (χ4n) is 3.54. The second kappa shape index (κ2) is 13.0. The summed E-state index contributed by atoms with van der Waals surface area (Å²) in [5.41, 5.74) is 5.16. The summed E-state index contributed by atoms with van der Waals surface area (Å²) in [5, 5.41) is 0. The molecule has 0 saturated carbocycles. The molecule has 0 heterocycles. The summed E-state index contributed by atoms with van der Waals surface area (Å²) in [6.07, 6.45) is 0. The summed E-state index contributed by atoms with van der Waals surface area (Å²) >= 11 is 0. The molecule has 4 aromatic rings. The van der Waals surface area contributed by atoms with Crippen LogP contribution in [0.1, 0.15) is 40.9 Å². The number of esters is 1. The lowest BCUT2D eigenvalue weighted by molar-refractivity contribution is 0.0596. The minimum Gasteiger partial charge on any atom is -0.489 e. The monoisotopic (exact) mass is 468 g/mol. The van der Waals surface area contributed by atoms with Gasteiger partial charge in [-0.2, -0.15) is 0 Å². The summed E-state index contributed by atoms with van der Waals surface area (Å²) in [7, 11) is 1.38. The standard InChI is InChI=1S/C29H26O4.C2H6/c1-21-13-15-24(16-14-21)26-17-25(32-19-22-9-5-3-6-10-22)18-27(28(26)29(30)31-2)33-20-23-11-7-4-8-12-23;1-2/h3-18H,19-20H2,1-2H3;1-2H3. The Kier molecular flexibility index (Phi) is 9.49. The first kappa shape index (κ1) is 25.6. The van der Waals surface area contributed by atoms with Gasteiger partial charge in [0.2, 0.25) is 0 Å². The van der Waals surface area contributed by atoms with E-state index in [1.54, 1.807) is 6.07 Å². The van der Waals surface area contributed by atoms with Gasteiger partial charge >= 0.3 is 5.97 Å². The summed E-state index contributed by atoms with van der Waals surface area (Å²) in [4.78, 5) is 12.9. The van der Waals surface area contributed by atoms with Crippen molar-refractivity contribution >= 4 is 5.97 Å². The average Bonchev–Trinajstić information content (AvgIpc) is 2.92. The zero-order valence-electron chi connectivity index (χ0n) is 20.8. The van der Waals surface area contributed by atoms with Gasteiger partial charge in [0.05, 0.1) is 7.11 Å². The Morgan fingerprint density at radius 3 is 1.80 bits per heavy atom. The number of carbonyl (C=O) groups is 1. The molecule has 4 aromatic carbocycles. The number of ether oxygens (including phenoxy) is 3. The number of carbonyl (C=O) groups excluding carboxylic acids is 1. The third-order valence-corrected chi connectivity index (χ3v) is 5.31. The maximum atomic E-state index is 12.9. The molecular formula is C31H32O4. The number of methoxy groups -OCH3 is 1. The lowest BCUT2D eigenvalue weighted by atomic mass is 9.97. The van der Waals surface area contributed by atoms with Crippen LogP contribution >= 0.6 is 0 Å². The van der Waals surface area contributed by atoms with Crippen LogP contribution in [0.4, 0.5) is 0 Å². The molecule has 0 amide bonds. The van der Waals surface area contributed by atoms with Crippen LogP contribution in [0.2, 0.25) is 0 Å². The van der Waals surface area contributed by atoms with Gasteiger partial charge in [0.15, 0.2) is 0 Å². The van der Waals surface area contributed by atoms with E-state index in [4.69, 9.17) is 14.2 Å². The third-order valence-electron chi connectivity index (χ3n) is 5.31. The minimum absolute atomic E-state index is 0.320. The van der Waals surface area contributed by atoms with Crippen molar-refractivity contribution in [3.63, 3.8) is 0 Å². The Hall–Kier alpha value is -4.05. The molecule has 0 bridgehead atoms. The summed E-state index contributed by atoms with van der Waals surface area (Å²) in [5.74, 6) is 0.584. The SMILES string of the molecule is CC.COC(=O)c1c(OCc2ccccc2)cc(OCc2ccccc2)cc1-c1ccc(C)cc1. The van der Waals surface area contributed by atoms with Crippen LogP contribution in [-0.2, 0) is 18.0 Å². The Morgan fingerprint density at radius 1 is 0.714 bits per heavy atom. The molecule has 0 spiro atoms. The Labute approximate surface area is 208 Å². The third kappa shape index (κ3) is 6.97. The van der Waals surface area contributed by atoms with Gasteiger partial charge in [-0.05, 0) is 29.7 Å². The molecule has 0 radical (unpaired) electrons. The summed E-state index contributed by atoms with van der Waals surface area (Å²) < 4.78 is 17.4. The normalized spacial score (nSPS) is 10.1. The molecule has 0 saturated heterocycles. The van der Waals surface area contributed by atoms with E-state index in [2.05, 4.69) is 0 Å². The molecule has 4 rings (SSSR count). The van der Waals surface area contributed by atoms with E-state index in [0.29, 0.717) is 35.8 Å². The number of aryl methyl sites for hydroxylation is 1. The molecule has 0 atom stereocenters. The first-order valence-electron chi connectivity index (χ1n) is 11.8. The molecular weight excluding hydrogens is 436 g/mol. The van der Waals surface area contributed by atoms with Crippen LogP contribution in [0.25, 0.3) is 11.1 Å². The lowest BCUT2D eigenvalue weighted by Gasteiger charge is -2.17. The van der Waals surface area contributed by atoms with E-state index in [1.165, 1.54) is 7.11 Å². The smallest absolute Gasteiger partial charge is 0.342 e. The van der Waals surface area contributed by atoms with Gasteiger partial charge in [-0.15, -0.1) is 0 Å². The first-order valence-corrected chi connectivity index (χ1v) is 11.8. The van der Waals surface area contributed by atoms with E-state index in [9.17, 15) is 4.79 Å². The van der Waals surface area contributed by atoms with Crippen LogP contribution in [0, 0.1) is 6.92 Å². The van der Waals surface area contributed by atoms with E-state index in [1.807, 2.05) is 112 Å². The fraction of sp³-hybridized carbons (Fsp3) is 0.194. The van der Waals surface area contributed by atoms with Crippen molar-refractivity contribution in [3.05, 3.63) is 119 Å². The topological polar surface area (TPSA) is 44.8 Å². The largest absolute Gasteiger partial charge is 0.489 e. The number of hydrogen-bond donors (Lipinski definition) is 0. The molecule has 0 fully saturated rings. The van der Waals surface area contributed by atoms with Crippen LogP contribution in [0.5, 0.6) is 11.5 Å². The predicted octanol–water partition coefficient (Wildman–Crippen LogP) is 7.63. The van der Waals surface area contributed by atoms with E-state index >= 15 is 0 Å². The second-order valence-corrected chi connectivity index (χ2v) is 7.75. The van der Waals surface area contributed by atoms with Crippen molar-refractivity contribution < 1.29 is 19.0 Å². The van der Waals surface area contributed by atoms with Crippen molar-refractivity contribution in [2.45, 2.75) is 34.0 Å². The first-order chi connectivity index (χ1) is 17.1. The number of benzene rings is 4. The zero-order valence-corrected chi connectivity index (χ0v) is 20.8. The molecule has 0 aliphatic carbocycles. The van der Waals surface area contributed by atoms with Gasteiger partial charge in [0, 0.05) is 11.6 Å². The van der Waals surface area contributed by atoms with Gasteiger partial charge in [-0.3, -0.25) is 0 Å². The maximum absolute atomic E-state index is 12.9. The van der Waals surface area contributed by atoms with Gasteiger partial charge < -0.3 is 14.2 Å². The zero-order chi connectivity index (χ0) is 25.0. The van der Waals surface area contributed by atoms with Crippen LogP contribution in [0.15, 0.2) is 97.1 Å². The lowest BCUT2D eigenvalue weighted by Crippen LogP contribution is -2.09. The molecule has 0 aliphatic heterocycles. The van der Waals surface area contributed by atoms with Crippen LogP contribution in [0.3, 0.4) is 0 Å². The van der Waals surface area contributed by atoms with Crippen LogP contribution in [-0.4, -0.2) is 13.1 Å².